The lowest BCUT2D eigenvalue weighted by Crippen LogP contribution is -2.19. The zero-order valence-electron chi connectivity index (χ0n) is 10.3. The highest BCUT2D eigenvalue weighted by atomic mass is 79.9. The van der Waals surface area contributed by atoms with Gasteiger partial charge in [-0.1, -0.05) is 0 Å². The minimum absolute atomic E-state index is 0.491. The number of nitrogens with two attached hydrogens (primary N) is 1. The summed E-state index contributed by atoms with van der Waals surface area (Å²) in [7, 11) is 2.05. The second-order valence-electron chi connectivity index (χ2n) is 4.26. The van der Waals surface area contributed by atoms with Gasteiger partial charge in [0.2, 0.25) is 0 Å². The molecule has 3 aromatic rings. The predicted molar refractivity (Wildman–Crippen MR) is 85.1 cm³/mol. The van der Waals surface area contributed by atoms with Crippen LogP contribution in [0.5, 0.6) is 0 Å². The van der Waals surface area contributed by atoms with Crippen molar-refractivity contribution in [2.24, 2.45) is 5.73 Å². The lowest BCUT2D eigenvalue weighted by molar-refractivity contribution is 0.876. The third kappa shape index (κ3) is 2.43. The van der Waals surface area contributed by atoms with Gasteiger partial charge in [-0.3, -0.25) is 4.40 Å². The summed E-state index contributed by atoms with van der Waals surface area (Å²) < 4.78 is 3.22. The van der Waals surface area contributed by atoms with Crippen LogP contribution in [0.4, 0.5) is 5.82 Å². The number of nitrogens with zero attached hydrogens (tertiary/aromatic N) is 3. The van der Waals surface area contributed by atoms with Crippen LogP contribution in [-0.2, 0) is 13.1 Å². The van der Waals surface area contributed by atoms with Gasteiger partial charge in [-0.05, 0) is 32.9 Å². The van der Waals surface area contributed by atoms with Crippen LogP contribution >= 0.6 is 38.6 Å². The van der Waals surface area contributed by atoms with E-state index in [1.807, 2.05) is 11.6 Å². The third-order valence-corrected chi connectivity index (χ3v) is 5.25. The molecule has 0 aliphatic rings. The topological polar surface area (TPSA) is 46.6 Å². The molecule has 3 heterocycles. The first-order valence-electron chi connectivity index (χ1n) is 5.77. The predicted octanol–water partition coefficient (Wildman–Crippen LogP) is 3.31. The Bertz CT molecular complexity index is 700. The zero-order valence-corrected chi connectivity index (χ0v) is 13.6. The van der Waals surface area contributed by atoms with Crippen molar-refractivity contribution >= 4 is 49.4 Å². The number of thiazole rings is 1. The Morgan fingerprint density at radius 2 is 2.32 bits per heavy atom. The van der Waals surface area contributed by atoms with Crippen molar-refractivity contribution in [1.29, 1.82) is 0 Å². The maximum absolute atomic E-state index is 5.87. The molecule has 3 rings (SSSR count). The van der Waals surface area contributed by atoms with Crippen molar-refractivity contribution in [3.05, 3.63) is 38.1 Å². The Morgan fingerprint density at radius 3 is 3.00 bits per heavy atom. The van der Waals surface area contributed by atoms with Crippen molar-refractivity contribution in [3.8, 4) is 0 Å². The molecule has 0 fully saturated rings. The molecule has 19 heavy (non-hydrogen) atoms. The second kappa shape index (κ2) is 5.24. The summed E-state index contributed by atoms with van der Waals surface area (Å²) in [6.45, 7) is 1.32. The van der Waals surface area contributed by atoms with E-state index in [0.717, 1.165) is 26.8 Å². The Kier molecular flexibility index (Phi) is 3.62. The number of fused-ring (bicyclic) bond motifs is 1. The first-order valence-corrected chi connectivity index (χ1v) is 8.33. The minimum atomic E-state index is 0.491. The third-order valence-electron chi connectivity index (χ3n) is 2.94. The average Bonchev–Trinajstić information content (AvgIpc) is 3.03. The highest BCUT2D eigenvalue weighted by Gasteiger charge is 2.15. The van der Waals surface area contributed by atoms with Crippen LogP contribution in [0.15, 0.2) is 26.8 Å². The molecule has 2 N–H and O–H groups in total. The van der Waals surface area contributed by atoms with Crippen LogP contribution in [0.1, 0.15) is 11.3 Å². The molecule has 0 saturated carbocycles. The summed E-state index contributed by atoms with van der Waals surface area (Å²) in [5.74, 6) is 0.969. The van der Waals surface area contributed by atoms with Crippen molar-refractivity contribution < 1.29 is 0 Å². The van der Waals surface area contributed by atoms with Gasteiger partial charge in [0, 0.05) is 31.7 Å². The van der Waals surface area contributed by atoms with Crippen molar-refractivity contribution in [3.63, 3.8) is 0 Å². The number of hydrogen-bond donors (Lipinski definition) is 1. The quantitative estimate of drug-likeness (QED) is 0.779. The lowest BCUT2D eigenvalue weighted by Gasteiger charge is -2.17. The maximum Gasteiger partial charge on any atom is 0.195 e. The standard InChI is InChI=1S/C12H13BrN4S2/c1-16(6-8-4-10(13)19-7-8)11-9(5-14)17-2-3-18-12(17)15-11/h2-4,7H,5-6,14H2,1H3. The molecule has 4 nitrogen and oxygen atoms in total. The molecular formula is C12H13BrN4S2. The fourth-order valence-electron chi connectivity index (χ4n) is 2.09. The number of halogens is 1. The van der Waals surface area contributed by atoms with E-state index >= 15 is 0 Å². The zero-order chi connectivity index (χ0) is 13.4. The highest BCUT2D eigenvalue weighted by molar-refractivity contribution is 9.11. The van der Waals surface area contributed by atoms with Gasteiger partial charge in [0.1, 0.15) is 0 Å². The average molecular weight is 357 g/mol. The molecule has 7 heteroatoms. The summed E-state index contributed by atoms with van der Waals surface area (Å²) in [5, 5.41) is 4.18. The maximum atomic E-state index is 5.87. The molecule has 0 aliphatic carbocycles. The monoisotopic (exact) mass is 356 g/mol. The molecule has 100 valence electrons. The number of anilines is 1. The molecule has 3 aromatic heterocycles. The largest absolute Gasteiger partial charge is 0.354 e. The van der Waals surface area contributed by atoms with Gasteiger partial charge in [0.15, 0.2) is 10.8 Å². The number of aromatic nitrogens is 2. The highest BCUT2D eigenvalue weighted by Crippen LogP contribution is 2.26. The summed E-state index contributed by atoms with van der Waals surface area (Å²) >= 11 is 6.82. The van der Waals surface area contributed by atoms with Crippen LogP contribution in [0, 0.1) is 0 Å². The Labute approximate surface area is 127 Å². The van der Waals surface area contributed by atoms with Crippen molar-refractivity contribution in [2.75, 3.05) is 11.9 Å². The van der Waals surface area contributed by atoms with Crippen LogP contribution in [0.3, 0.4) is 0 Å². The van der Waals surface area contributed by atoms with E-state index in [4.69, 9.17) is 5.73 Å². The molecule has 0 radical (unpaired) electrons. The Morgan fingerprint density at radius 1 is 1.47 bits per heavy atom. The van der Waals surface area contributed by atoms with E-state index in [2.05, 4.69) is 48.7 Å². The number of hydrogen-bond acceptors (Lipinski definition) is 5. The first-order chi connectivity index (χ1) is 9.19. The van der Waals surface area contributed by atoms with Gasteiger partial charge >= 0.3 is 0 Å². The fraction of sp³-hybridized carbons (Fsp3) is 0.250. The summed E-state index contributed by atoms with van der Waals surface area (Å²) in [6, 6.07) is 2.14. The van der Waals surface area contributed by atoms with E-state index in [9.17, 15) is 0 Å². The van der Waals surface area contributed by atoms with Gasteiger partial charge in [-0.2, -0.15) is 0 Å². The molecule has 0 bridgehead atoms. The van der Waals surface area contributed by atoms with E-state index in [1.54, 1.807) is 22.7 Å². The minimum Gasteiger partial charge on any atom is -0.354 e. The Balaban J connectivity index is 1.92. The van der Waals surface area contributed by atoms with Crippen LogP contribution in [0.2, 0.25) is 0 Å². The van der Waals surface area contributed by atoms with Crippen molar-refractivity contribution in [1.82, 2.24) is 9.38 Å². The molecule has 0 atom stereocenters. The van der Waals surface area contributed by atoms with E-state index in [-0.39, 0.29) is 0 Å². The van der Waals surface area contributed by atoms with Gasteiger partial charge in [0.25, 0.3) is 0 Å². The molecule has 0 aliphatic heterocycles. The van der Waals surface area contributed by atoms with Crippen LogP contribution in [0.25, 0.3) is 4.96 Å². The summed E-state index contributed by atoms with van der Waals surface area (Å²) in [4.78, 5) is 7.81. The number of thiophene rings is 1. The van der Waals surface area contributed by atoms with Gasteiger partial charge in [-0.15, -0.1) is 22.7 Å². The van der Waals surface area contributed by atoms with E-state index < -0.39 is 0 Å². The molecule has 0 amide bonds. The molecule has 0 saturated heterocycles. The van der Waals surface area contributed by atoms with Crippen molar-refractivity contribution in [2.45, 2.75) is 13.1 Å². The summed E-state index contributed by atoms with van der Waals surface area (Å²) in [5.41, 5.74) is 8.21. The first kappa shape index (κ1) is 13.1. The van der Waals surface area contributed by atoms with E-state index in [1.165, 1.54) is 5.56 Å². The Hall–Kier alpha value is -0.890. The van der Waals surface area contributed by atoms with Crippen LogP contribution in [-0.4, -0.2) is 16.4 Å². The van der Waals surface area contributed by atoms with Gasteiger partial charge in [0.05, 0.1) is 9.48 Å². The van der Waals surface area contributed by atoms with Crippen LogP contribution < -0.4 is 10.6 Å². The SMILES string of the molecule is CN(Cc1csc(Br)c1)c1nc2sccn2c1CN. The van der Waals surface area contributed by atoms with Gasteiger partial charge < -0.3 is 10.6 Å². The second-order valence-corrected chi connectivity index (χ2v) is 7.42. The molecule has 0 spiro atoms. The lowest BCUT2D eigenvalue weighted by atomic mass is 10.3. The van der Waals surface area contributed by atoms with Gasteiger partial charge in [-0.25, -0.2) is 4.98 Å². The molecule has 0 aromatic carbocycles. The number of rotatable bonds is 4. The smallest absolute Gasteiger partial charge is 0.195 e. The summed E-state index contributed by atoms with van der Waals surface area (Å²) in [6.07, 6.45) is 2.02. The normalized spacial score (nSPS) is 11.3. The molecule has 0 unspecified atom stereocenters. The fourth-order valence-corrected chi connectivity index (χ4v) is 4.02. The number of imidazole rings is 1. The van der Waals surface area contributed by atoms with E-state index in [0.29, 0.717) is 6.54 Å². The molecular weight excluding hydrogens is 344 g/mol.